The molecule has 0 N–H and O–H groups in total. The smallest absolute Gasteiger partial charge is 0.416 e. The number of Topliss-reactive ketones (excluding diaryl/α,β-unsaturated/α-hetero) is 1. The quantitative estimate of drug-likeness (QED) is 0.699. The zero-order valence-corrected chi connectivity index (χ0v) is 17.7. The summed E-state index contributed by atoms with van der Waals surface area (Å²) in [4.78, 5) is 28.8. The molecule has 5 nitrogen and oxygen atoms in total. The third-order valence-corrected chi connectivity index (χ3v) is 5.83. The van der Waals surface area contributed by atoms with Gasteiger partial charge in [0.2, 0.25) is 0 Å². The van der Waals surface area contributed by atoms with Gasteiger partial charge < -0.3 is 9.64 Å². The second-order valence-electron chi connectivity index (χ2n) is 9.33. The molecule has 3 rings (SSSR count). The third kappa shape index (κ3) is 5.33. The molecule has 1 aromatic carbocycles. The first-order chi connectivity index (χ1) is 13.9. The van der Waals surface area contributed by atoms with Crippen molar-refractivity contribution < 1.29 is 27.5 Å². The molecular weight excluding hydrogens is 397 g/mol. The molecule has 1 aromatic rings. The van der Waals surface area contributed by atoms with Crippen LogP contribution in [0, 0.1) is 5.41 Å². The monoisotopic (exact) mass is 426 g/mol. The Kier molecular flexibility index (Phi) is 6.18. The van der Waals surface area contributed by atoms with Crippen LogP contribution < -0.4 is 0 Å². The number of hydrogen-bond acceptors (Lipinski definition) is 4. The van der Waals surface area contributed by atoms with Crippen LogP contribution in [0.5, 0.6) is 0 Å². The first kappa shape index (κ1) is 22.6. The van der Waals surface area contributed by atoms with Crippen molar-refractivity contribution in [2.45, 2.75) is 58.4 Å². The summed E-state index contributed by atoms with van der Waals surface area (Å²) in [6, 6.07) is 5.19. The molecular formula is C22H29F3N2O3. The van der Waals surface area contributed by atoms with Crippen molar-refractivity contribution >= 4 is 11.9 Å². The molecule has 1 amide bonds. The lowest BCUT2D eigenvalue weighted by Crippen LogP contribution is -2.55. The largest absolute Gasteiger partial charge is 0.444 e. The van der Waals surface area contributed by atoms with Gasteiger partial charge in [0.05, 0.1) is 5.56 Å². The topological polar surface area (TPSA) is 49.9 Å². The highest BCUT2D eigenvalue weighted by Crippen LogP contribution is 2.38. The summed E-state index contributed by atoms with van der Waals surface area (Å²) in [6.45, 7) is 8.05. The number of carbonyl (C=O) groups excluding carboxylic acids is 2. The fourth-order valence-electron chi connectivity index (χ4n) is 4.19. The van der Waals surface area contributed by atoms with Gasteiger partial charge >= 0.3 is 12.3 Å². The lowest BCUT2D eigenvalue weighted by molar-refractivity contribution is -0.138. The number of carbonyl (C=O) groups is 2. The van der Waals surface area contributed by atoms with Gasteiger partial charge in [-0.2, -0.15) is 13.2 Å². The summed E-state index contributed by atoms with van der Waals surface area (Å²) < 4.78 is 43.7. The molecule has 2 saturated heterocycles. The fourth-order valence-corrected chi connectivity index (χ4v) is 4.19. The highest BCUT2D eigenvalue weighted by atomic mass is 19.4. The van der Waals surface area contributed by atoms with E-state index in [2.05, 4.69) is 4.90 Å². The maximum atomic E-state index is 12.8. The zero-order chi connectivity index (χ0) is 22.2. The van der Waals surface area contributed by atoms with Crippen molar-refractivity contribution in [2.24, 2.45) is 5.41 Å². The summed E-state index contributed by atoms with van der Waals surface area (Å²) in [5.41, 5.74) is -0.932. The van der Waals surface area contributed by atoms with Crippen LogP contribution in [0.1, 0.15) is 51.2 Å². The zero-order valence-electron chi connectivity index (χ0n) is 17.7. The van der Waals surface area contributed by atoms with Crippen molar-refractivity contribution in [3.8, 4) is 0 Å². The Hall–Kier alpha value is -2.09. The van der Waals surface area contributed by atoms with Gasteiger partial charge in [0, 0.05) is 44.6 Å². The standard InChI is InChI=1S/C22H29F3N2O3/c1-20(2,3)30-19(29)27-12-9-21(10-13-27)15-26(11-8-18(21)28)14-16-4-6-17(7-5-16)22(23,24)25/h4-7H,8-15H2,1-3H3. The van der Waals surface area contributed by atoms with Crippen LogP contribution in [0.4, 0.5) is 18.0 Å². The minimum absolute atomic E-state index is 0.218. The van der Waals surface area contributed by atoms with E-state index in [1.165, 1.54) is 12.1 Å². The Morgan fingerprint density at radius 3 is 2.20 bits per heavy atom. The van der Waals surface area contributed by atoms with Crippen LogP contribution in [0.3, 0.4) is 0 Å². The van der Waals surface area contributed by atoms with Crippen LogP contribution in [-0.4, -0.2) is 53.5 Å². The number of nitrogens with zero attached hydrogens (tertiary/aromatic N) is 2. The lowest BCUT2D eigenvalue weighted by Gasteiger charge is -2.46. The second-order valence-corrected chi connectivity index (χ2v) is 9.33. The summed E-state index contributed by atoms with van der Waals surface area (Å²) in [5.74, 6) is 0.218. The number of ether oxygens (including phenoxy) is 1. The van der Waals surface area contributed by atoms with Crippen molar-refractivity contribution in [2.75, 3.05) is 26.2 Å². The average Bonchev–Trinajstić information content (AvgIpc) is 2.64. The van der Waals surface area contributed by atoms with Crippen LogP contribution in [0.2, 0.25) is 0 Å². The Labute approximate surface area is 175 Å². The average molecular weight is 426 g/mol. The van der Waals surface area contributed by atoms with E-state index in [4.69, 9.17) is 4.74 Å². The summed E-state index contributed by atoms with van der Waals surface area (Å²) in [6.07, 6.45) is -3.12. The molecule has 0 aliphatic carbocycles. The summed E-state index contributed by atoms with van der Waals surface area (Å²) in [7, 11) is 0. The number of alkyl halides is 3. The molecule has 0 saturated carbocycles. The van der Waals surface area contributed by atoms with E-state index in [1.807, 2.05) is 20.8 Å². The summed E-state index contributed by atoms with van der Waals surface area (Å²) >= 11 is 0. The van der Waals surface area contributed by atoms with E-state index in [9.17, 15) is 22.8 Å². The van der Waals surface area contributed by atoms with Gasteiger partial charge in [0.25, 0.3) is 0 Å². The van der Waals surface area contributed by atoms with Crippen LogP contribution in [0.15, 0.2) is 24.3 Å². The Morgan fingerprint density at radius 1 is 1.07 bits per heavy atom. The van der Waals surface area contributed by atoms with E-state index >= 15 is 0 Å². The molecule has 0 unspecified atom stereocenters. The molecule has 2 fully saturated rings. The van der Waals surface area contributed by atoms with Crippen molar-refractivity contribution in [1.29, 1.82) is 0 Å². The van der Waals surface area contributed by atoms with Gasteiger partial charge in [-0.1, -0.05) is 12.1 Å². The second kappa shape index (κ2) is 8.21. The summed E-state index contributed by atoms with van der Waals surface area (Å²) in [5, 5.41) is 0. The fraction of sp³-hybridized carbons (Fsp3) is 0.636. The van der Waals surface area contributed by atoms with Gasteiger partial charge in [-0.3, -0.25) is 9.69 Å². The van der Waals surface area contributed by atoms with Crippen molar-refractivity contribution in [3.05, 3.63) is 35.4 Å². The molecule has 166 valence electrons. The first-order valence-corrected chi connectivity index (χ1v) is 10.3. The molecule has 30 heavy (non-hydrogen) atoms. The van der Waals surface area contributed by atoms with E-state index in [1.54, 1.807) is 4.90 Å². The van der Waals surface area contributed by atoms with Crippen LogP contribution >= 0.6 is 0 Å². The van der Waals surface area contributed by atoms with E-state index in [0.29, 0.717) is 52.0 Å². The Bertz CT molecular complexity index is 776. The van der Waals surface area contributed by atoms with Gasteiger partial charge in [-0.15, -0.1) is 0 Å². The normalized spacial score (nSPS) is 20.5. The molecule has 2 aliphatic heterocycles. The molecule has 1 spiro atoms. The van der Waals surface area contributed by atoms with Gasteiger partial charge in [-0.05, 0) is 51.3 Å². The van der Waals surface area contributed by atoms with Crippen LogP contribution in [-0.2, 0) is 22.3 Å². The molecule has 2 aliphatic rings. The number of benzene rings is 1. The van der Waals surface area contributed by atoms with Crippen molar-refractivity contribution in [3.63, 3.8) is 0 Å². The van der Waals surface area contributed by atoms with Gasteiger partial charge in [0.1, 0.15) is 11.4 Å². The number of amides is 1. The Morgan fingerprint density at radius 2 is 1.67 bits per heavy atom. The number of ketones is 1. The number of likely N-dealkylation sites (tertiary alicyclic amines) is 2. The number of rotatable bonds is 2. The number of piperidine rings is 2. The highest BCUT2D eigenvalue weighted by Gasteiger charge is 2.45. The number of halogens is 3. The predicted octanol–water partition coefficient (Wildman–Crippen LogP) is 4.50. The highest BCUT2D eigenvalue weighted by molar-refractivity contribution is 5.86. The lowest BCUT2D eigenvalue weighted by atomic mass is 9.71. The number of hydrogen-bond donors (Lipinski definition) is 0. The van der Waals surface area contributed by atoms with Gasteiger partial charge in [0.15, 0.2) is 0 Å². The first-order valence-electron chi connectivity index (χ1n) is 10.3. The maximum Gasteiger partial charge on any atom is 0.416 e. The SMILES string of the molecule is CC(C)(C)OC(=O)N1CCC2(CC1)CN(Cc1ccc(C(F)(F)F)cc1)CCC2=O. The third-order valence-electron chi connectivity index (χ3n) is 5.83. The van der Waals surface area contributed by atoms with Crippen molar-refractivity contribution in [1.82, 2.24) is 9.80 Å². The minimum atomic E-state index is -4.34. The Balaban J connectivity index is 1.61. The molecule has 0 bridgehead atoms. The molecule has 0 aromatic heterocycles. The molecule has 2 heterocycles. The molecule has 0 radical (unpaired) electrons. The van der Waals surface area contributed by atoms with E-state index < -0.39 is 22.8 Å². The molecule has 0 atom stereocenters. The maximum absolute atomic E-state index is 12.8. The van der Waals surface area contributed by atoms with Gasteiger partial charge in [-0.25, -0.2) is 4.79 Å². The van der Waals surface area contributed by atoms with E-state index in [0.717, 1.165) is 17.7 Å². The minimum Gasteiger partial charge on any atom is -0.444 e. The predicted molar refractivity (Wildman–Crippen MR) is 106 cm³/mol. The molecule has 8 heteroatoms. The van der Waals surface area contributed by atoms with E-state index in [-0.39, 0.29) is 11.9 Å². The van der Waals surface area contributed by atoms with Crippen LogP contribution in [0.25, 0.3) is 0 Å².